The van der Waals surface area contributed by atoms with Crippen LogP contribution in [-0.4, -0.2) is 29.8 Å². The summed E-state index contributed by atoms with van der Waals surface area (Å²) in [5, 5.41) is 15.0. The predicted octanol–water partition coefficient (Wildman–Crippen LogP) is 3.34. The quantitative estimate of drug-likeness (QED) is 0.407. The Hall–Kier alpha value is -1.36. The van der Waals surface area contributed by atoms with Crippen LogP contribution in [0.5, 0.6) is 0 Å². The summed E-state index contributed by atoms with van der Waals surface area (Å²) in [5.41, 5.74) is 0.557. The van der Waals surface area contributed by atoms with Gasteiger partial charge in [0.05, 0.1) is 18.0 Å². The fraction of sp³-hybridized carbons (Fsp3) is 0.500. The minimum atomic E-state index is -0.209. The van der Waals surface area contributed by atoms with Crippen LogP contribution in [0.25, 0.3) is 0 Å². The zero-order valence-electron chi connectivity index (χ0n) is 11.2. The van der Waals surface area contributed by atoms with Gasteiger partial charge in [-0.15, -0.1) is 11.8 Å². The molecule has 2 N–H and O–H groups in total. The summed E-state index contributed by atoms with van der Waals surface area (Å²) in [6, 6.07) is 0. The Balaban J connectivity index is 2.01. The molecule has 0 aromatic heterocycles. The highest BCUT2D eigenvalue weighted by Crippen LogP contribution is 2.21. The molecular formula is C14H20N2O2S. The Bertz CT molecular complexity index is 414. The Labute approximate surface area is 118 Å². The van der Waals surface area contributed by atoms with Gasteiger partial charge in [-0.2, -0.15) is 0 Å². The Morgan fingerprint density at radius 3 is 2.58 bits per heavy atom. The van der Waals surface area contributed by atoms with Crippen molar-refractivity contribution < 1.29 is 9.53 Å². The number of thioether (sulfide) groups is 1. The second kappa shape index (κ2) is 8.69. The Morgan fingerprint density at radius 2 is 1.89 bits per heavy atom. The van der Waals surface area contributed by atoms with Crippen LogP contribution in [0.3, 0.4) is 0 Å². The van der Waals surface area contributed by atoms with E-state index in [4.69, 9.17) is 15.6 Å². The van der Waals surface area contributed by atoms with Crippen molar-refractivity contribution in [2.24, 2.45) is 0 Å². The van der Waals surface area contributed by atoms with Crippen LogP contribution in [0.4, 0.5) is 0 Å². The molecular weight excluding hydrogens is 260 g/mol. The zero-order chi connectivity index (χ0) is 14.1. The van der Waals surface area contributed by atoms with Crippen LogP contribution < -0.4 is 0 Å². The SMILES string of the molecule is CC(=O)OCCCCCCSC1=CC(=N)C(=N)C=C1. The van der Waals surface area contributed by atoms with Crippen molar-refractivity contribution in [2.45, 2.75) is 32.6 Å². The van der Waals surface area contributed by atoms with Gasteiger partial charge in [0.15, 0.2) is 0 Å². The molecule has 1 aliphatic carbocycles. The zero-order valence-corrected chi connectivity index (χ0v) is 12.0. The summed E-state index contributed by atoms with van der Waals surface area (Å²) in [5.74, 6) is 0.809. The summed E-state index contributed by atoms with van der Waals surface area (Å²) in [6.07, 6.45) is 9.54. The lowest BCUT2D eigenvalue weighted by Crippen LogP contribution is -2.09. The van der Waals surface area contributed by atoms with Gasteiger partial charge in [0.1, 0.15) is 0 Å². The molecule has 0 radical (unpaired) electrons. The maximum Gasteiger partial charge on any atom is 0.302 e. The molecule has 0 saturated carbocycles. The number of esters is 1. The van der Waals surface area contributed by atoms with Gasteiger partial charge in [0.25, 0.3) is 0 Å². The fourth-order valence-corrected chi connectivity index (χ4v) is 2.53. The molecule has 1 rings (SSSR count). The van der Waals surface area contributed by atoms with Gasteiger partial charge in [0.2, 0.25) is 0 Å². The molecule has 19 heavy (non-hydrogen) atoms. The van der Waals surface area contributed by atoms with E-state index < -0.39 is 0 Å². The van der Waals surface area contributed by atoms with Gasteiger partial charge >= 0.3 is 5.97 Å². The number of carbonyl (C=O) groups excluding carboxylic acids is 1. The van der Waals surface area contributed by atoms with E-state index in [1.54, 1.807) is 23.9 Å². The number of nitrogens with one attached hydrogen (secondary N) is 2. The standard InChI is InChI=1S/C14H20N2O2S/c1-11(17)18-8-4-2-3-5-9-19-12-6-7-13(15)14(16)10-12/h6-7,10,15-16H,2-5,8-9H2,1H3. The van der Waals surface area contributed by atoms with Crippen LogP contribution in [-0.2, 0) is 9.53 Å². The third-order valence-electron chi connectivity index (χ3n) is 2.60. The lowest BCUT2D eigenvalue weighted by Gasteiger charge is -2.08. The summed E-state index contributed by atoms with van der Waals surface area (Å²) < 4.78 is 4.86. The topological polar surface area (TPSA) is 74.0 Å². The van der Waals surface area contributed by atoms with Crippen molar-refractivity contribution in [3.63, 3.8) is 0 Å². The van der Waals surface area contributed by atoms with E-state index in [-0.39, 0.29) is 17.4 Å². The maximum atomic E-state index is 10.5. The fourth-order valence-electron chi connectivity index (χ4n) is 1.58. The van der Waals surface area contributed by atoms with Crippen molar-refractivity contribution in [1.82, 2.24) is 0 Å². The largest absolute Gasteiger partial charge is 0.466 e. The molecule has 5 heteroatoms. The minimum absolute atomic E-state index is 0.209. The van der Waals surface area contributed by atoms with Crippen LogP contribution in [0.1, 0.15) is 32.6 Å². The lowest BCUT2D eigenvalue weighted by molar-refractivity contribution is -0.141. The van der Waals surface area contributed by atoms with Gasteiger partial charge in [0, 0.05) is 11.8 Å². The van der Waals surface area contributed by atoms with E-state index in [2.05, 4.69) is 0 Å². The molecule has 0 amide bonds. The van der Waals surface area contributed by atoms with E-state index in [9.17, 15) is 4.79 Å². The first-order chi connectivity index (χ1) is 9.09. The molecule has 0 spiro atoms. The van der Waals surface area contributed by atoms with Gasteiger partial charge in [-0.05, 0) is 36.8 Å². The highest BCUT2D eigenvalue weighted by molar-refractivity contribution is 8.03. The number of unbranched alkanes of at least 4 members (excludes halogenated alkanes) is 3. The highest BCUT2D eigenvalue weighted by atomic mass is 32.2. The first kappa shape index (κ1) is 15.7. The number of rotatable bonds is 8. The summed E-state index contributed by atoms with van der Waals surface area (Å²) in [6.45, 7) is 1.95. The van der Waals surface area contributed by atoms with Gasteiger partial charge in [-0.25, -0.2) is 0 Å². The summed E-state index contributed by atoms with van der Waals surface area (Å²) in [4.78, 5) is 11.6. The normalized spacial score (nSPS) is 14.5. The number of ether oxygens (including phenoxy) is 1. The van der Waals surface area contributed by atoms with Crippen molar-refractivity contribution in [3.05, 3.63) is 23.1 Å². The van der Waals surface area contributed by atoms with Crippen LogP contribution in [0, 0.1) is 10.8 Å². The molecule has 0 aromatic rings. The molecule has 0 bridgehead atoms. The molecule has 0 fully saturated rings. The molecule has 104 valence electrons. The second-order valence-corrected chi connectivity index (χ2v) is 5.48. The van der Waals surface area contributed by atoms with Gasteiger partial charge in [-0.1, -0.05) is 12.8 Å². The predicted molar refractivity (Wildman–Crippen MR) is 80.2 cm³/mol. The van der Waals surface area contributed by atoms with E-state index in [1.165, 1.54) is 6.92 Å². The van der Waals surface area contributed by atoms with Gasteiger partial charge < -0.3 is 4.74 Å². The number of hydrogen-bond donors (Lipinski definition) is 2. The lowest BCUT2D eigenvalue weighted by atomic mass is 10.1. The number of allylic oxidation sites excluding steroid dienone is 3. The van der Waals surface area contributed by atoms with Crippen molar-refractivity contribution in [1.29, 1.82) is 10.8 Å². The first-order valence-corrected chi connectivity index (χ1v) is 7.41. The molecule has 0 atom stereocenters. The second-order valence-electron chi connectivity index (χ2n) is 4.31. The van der Waals surface area contributed by atoms with Crippen molar-refractivity contribution in [3.8, 4) is 0 Å². The molecule has 4 nitrogen and oxygen atoms in total. The van der Waals surface area contributed by atoms with E-state index in [1.807, 2.05) is 6.08 Å². The number of hydrogen-bond acceptors (Lipinski definition) is 5. The third kappa shape index (κ3) is 6.96. The van der Waals surface area contributed by atoms with Crippen LogP contribution >= 0.6 is 11.8 Å². The van der Waals surface area contributed by atoms with Crippen molar-refractivity contribution >= 4 is 29.2 Å². The highest BCUT2D eigenvalue weighted by Gasteiger charge is 2.06. The molecule has 0 aliphatic heterocycles. The van der Waals surface area contributed by atoms with Crippen LogP contribution in [0.15, 0.2) is 23.1 Å². The van der Waals surface area contributed by atoms with E-state index >= 15 is 0 Å². The molecule has 1 aliphatic rings. The molecule has 0 heterocycles. The van der Waals surface area contributed by atoms with Crippen LogP contribution in [0.2, 0.25) is 0 Å². The minimum Gasteiger partial charge on any atom is -0.466 e. The first-order valence-electron chi connectivity index (χ1n) is 6.43. The Kier molecular flexibility index (Phi) is 7.18. The van der Waals surface area contributed by atoms with E-state index in [0.717, 1.165) is 36.3 Å². The molecule has 0 unspecified atom stereocenters. The third-order valence-corrected chi connectivity index (χ3v) is 3.68. The van der Waals surface area contributed by atoms with E-state index in [0.29, 0.717) is 6.61 Å². The molecule has 0 aromatic carbocycles. The monoisotopic (exact) mass is 280 g/mol. The average Bonchev–Trinajstić information content (AvgIpc) is 2.36. The maximum absolute atomic E-state index is 10.5. The summed E-state index contributed by atoms with van der Waals surface area (Å²) in [7, 11) is 0. The number of carbonyl (C=O) groups is 1. The van der Waals surface area contributed by atoms with Crippen molar-refractivity contribution in [2.75, 3.05) is 12.4 Å². The summed E-state index contributed by atoms with van der Waals surface area (Å²) >= 11 is 1.72. The Morgan fingerprint density at radius 1 is 1.16 bits per heavy atom. The average molecular weight is 280 g/mol. The van der Waals surface area contributed by atoms with Gasteiger partial charge in [-0.3, -0.25) is 15.6 Å². The molecule has 0 saturated heterocycles. The smallest absolute Gasteiger partial charge is 0.302 e.